The lowest BCUT2D eigenvalue weighted by molar-refractivity contribution is 0.0947. The number of furan rings is 1. The number of carbonyl (C=O) groups is 1. The van der Waals surface area contributed by atoms with Crippen LogP contribution in [0.2, 0.25) is 0 Å². The Balaban J connectivity index is 1.69. The first-order chi connectivity index (χ1) is 10.6. The first kappa shape index (κ1) is 14.6. The van der Waals surface area contributed by atoms with Crippen LogP contribution in [0.15, 0.2) is 34.1 Å². The molecule has 0 fully saturated rings. The van der Waals surface area contributed by atoms with Crippen LogP contribution in [-0.4, -0.2) is 15.7 Å². The molecule has 3 aromatic heterocycles. The summed E-state index contributed by atoms with van der Waals surface area (Å²) in [7, 11) is 1.83. The number of hydrogen-bond donors (Lipinski definition) is 1. The van der Waals surface area contributed by atoms with Crippen molar-refractivity contribution in [3.63, 3.8) is 0 Å². The Morgan fingerprint density at radius 2 is 2.18 bits per heavy atom. The van der Waals surface area contributed by atoms with E-state index in [9.17, 15) is 4.79 Å². The van der Waals surface area contributed by atoms with Gasteiger partial charge in [0.15, 0.2) is 0 Å². The van der Waals surface area contributed by atoms with E-state index in [-0.39, 0.29) is 5.91 Å². The fourth-order valence-corrected chi connectivity index (χ4v) is 3.07. The Hall–Kier alpha value is -2.34. The Kier molecular flexibility index (Phi) is 3.85. The second-order valence-corrected chi connectivity index (χ2v) is 6.04. The van der Waals surface area contributed by atoms with Gasteiger partial charge in [-0.2, -0.15) is 5.10 Å². The topological polar surface area (TPSA) is 60.1 Å². The van der Waals surface area contributed by atoms with Gasteiger partial charge in [-0.25, -0.2) is 0 Å². The van der Waals surface area contributed by atoms with Gasteiger partial charge in [0.2, 0.25) is 0 Å². The van der Waals surface area contributed by atoms with Gasteiger partial charge >= 0.3 is 0 Å². The van der Waals surface area contributed by atoms with Crippen LogP contribution in [0.5, 0.6) is 0 Å². The molecule has 3 heterocycles. The van der Waals surface area contributed by atoms with E-state index < -0.39 is 0 Å². The molecule has 3 aromatic rings. The maximum absolute atomic E-state index is 12.3. The van der Waals surface area contributed by atoms with E-state index in [2.05, 4.69) is 10.4 Å². The monoisotopic (exact) mass is 315 g/mol. The quantitative estimate of drug-likeness (QED) is 0.803. The molecule has 0 atom stereocenters. The molecular weight excluding hydrogens is 298 g/mol. The van der Waals surface area contributed by atoms with Crippen molar-refractivity contribution in [2.45, 2.75) is 20.4 Å². The Bertz CT molecular complexity index is 800. The summed E-state index contributed by atoms with van der Waals surface area (Å²) in [5.41, 5.74) is 2.22. The number of nitrogens with zero attached hydrogens (tertiary/aromatic N) is 2. The van der Waals surface area contributed by atoms with Crippen LogP contribution in [0.3, 0.4) is 0 Å². The second-order valence-electron chi connectivity index (χ2n) is 5.10. The van der Waals surface area contributed by atoms with Gasteiger partial charge in [0.1, 0.15) is 11.5 Å². The number of aromatic nitrogens is 2. The first-order valence-corrected chi connectivity index (χ1v) is 7.85. The van der Waals surface area contributed by atoms with Gasteiger partial charge in [0, 0.05) is 12.7 Å². The van der Waals surface area contributed by atoms with Crippen molar-refractivity contribution in [3.05, 3.63) is 52.4 Å². The van der Waals surface area contributed by atoms with Crippen molar-refractivity contribution in [3.8, 4) is 10.6 Å². The van der Waals surface area contributed by atoms with Crippen molar-refractivity contribution >= 4 is 17.2 Å². The number of aryl methyl sites for hydroxylation is 2. The van der Waals surface area contributed by atoms with Gasteiger partial charge in [-0.15, -0.1) is 11.3 Å². The van der Waals surface area contributed by atoms with Gasteiger partial charge in [0.05, 0.1) is 22.7 Å². The Morgan fingerprint density at radius 1 is 1.36 bits per heavy atom. The summed E-state index contributed by atoms with van der Waals surface area (Å²) >= 11 is 1.63. The summed E-state index contributed by atoms with van der Waals surface area (Å²) in [5.74, 6) is 1.43. The SMILES string of the molecule is Cc1nn(C)c(C)c1C(=O)NCc1ccc(-c2cccs2)o1. The fourth-order valence-electron chi connectivity index (χ4n) is 2.38. The third kappa shape index (κ3) is 2.69. The summed E-state index contributed by atoms with van der Waals surface area (Å²) in [5, 5.41) is 9.15. The molecule has 0 aliphatic rings. The van der Waals surface area contributed by atoms with Crippen molar-refractivity contribution in [2.24, 2.45) is 7.05 Å². The zero-order valence-corrected chi connectivity index (χ0v) is 13.5. The van der Waals surface area contributed by atoms with Crippen molar-refractivity contribution in [2.75, 3.05) is 0 Å². The standard InChI is InChI=1S/C16H17N3O2S/c1-10-15(11(2)19(3)18-10)16(20)17-9-12-6-7-13(21-12)14-5-4-8-22-14/h4-8H,9H2,1-3H3,(H,17,20). The minimum Gasteiger partial charge on any atom is -0.458 e. The maximum atomic E-state index is 12.3. The summed E-state index contributed by atoms with van der Waals surface area (Å²) < 4.78 is 7.47. The summed E-state index contributed by atoms with van der Waals surface area (Å²) in [4.78, 5) is 13.4. The van der Waals surface area contributed by atoms with Gasteiger partial charge in [-0.3, -0.25) is 9.48 Å². The number of rotatable bonds is 4. The van der Waals surface area contributed by atoms with Crippen molar-refractivity contribution in [1.82, 2.24) is 15.1 Å². The largest absolute Gasteiger partial charge is 0.458 e. The second kappa shape index (κ2) is 5.81. The molecule has 6 heteroatoms. The predicted octanol–water partition coefficient (Wildman–Crippen LogP) is 3.29. The molecule has 0 bridgehead atoms. The van der Waals surface area contributed by atoms with E-state index in [1.807, 2.05) is 50.5 Å². The van der Waals surface area contributed by atoms with Gasteiger partial charge in [-0.1, -0.05) is 6.07 Å². The molecule has 0 spiro atoms. The van der Waals surface area contributed by atoms with E-state index in [1.165, 1.54) is 0 Å². The van der Waals surface area contributed by atoms with E-state index in [0.29, 0.717) is 12.1 Å². The zero-order valence-electron chi connectivity index (χ0n) is 12.7. The molecule has 5 nitrogen and oxygen atoms in total. The third-order valence-corrected chi connectivity index (χ3v) is 4.47. The molecule has 1 N–H and O–H groups in total. The van der Waals surface area contributed by atoms with E-state index in [0.717, 1.165) is 27.8 Å². The van der Waals surface area contributed by atoms with Crippen LogP contribution in [0.1, 0.15) is 27.5 Å². The van der Waals surface area contributed by atoms with Crippen LogP contribution in [0.4, 0.5) is 0 Å². The molecule has 0 unspecified atom stereocenters. The molecule has 1 amide bonds. The van der Waals surface area contributed by atoms with Crippen molar-refractivity contribution < 1.29 is 9.21 Å². The van der Waals surface area contributed by atoms with E-state index in [1.54, 1.807) is 16.0 Å². The zero-order chi connectivity index (χ0) is 15.7. The molecule has 0 saturated heterocycles. The summed E-state index contributed by atoms with van der Waals surface area (Å²) in [6.07, 6.45) is 0. The molecule has 0 radical (unpaired) electrons. The van der Waals surface area contributed by atoms with E-state index >= 15 is 0 Å². The Morgan fingerprint density at radius 3 is 2.82 bits per heavy atom. The summed E-state index contributed by atoms with van der Waals surface area (Å²) in [6, 6.07) is 7.80. The molecule has 0 aliphatic carbocycles. The van der Waals surface area contributed by atoms with Gasteiger partial charge in [-0.05, 0) is 37.4 Å². The summed E-state index contributed by atoms with van der Waals surface area (Å²) in [6.45, 7) is 4.08. The highest BCUT2D eigenvalue weighted by Gasteiger charge is 2.17. The first-order valence-electron chi connectivity index (χ1n) is 6.97. The highest BCUT2D eigenvalue weighted by atomic mass is 32.1. The number of amides is 1. The fraction of sp³-hybridized carbons (Fsp3) is 0.250. The third-order valence-electron chi connectivity index (χ3n) is 3.58. The molecule has 0 aromatic carbocycles. The highest BCUT2D eigenvalue weighted by Crippen LogP contribution is 2.26. The maximum Gasteiger partial charge on any atom is 0.255 e. The van der Waals surface area contributed by atoms with Crippen LogP contribution in [0, 0.1) is 13.8 Å². The minimum absolute atomic E-state index is 0.128. The molecular formula is C16H17N3O2S. The molecule has 114 valence electrons. The number of hydrogen-bond acceptors (Lipinski definition) is 4. The molecule has 22 heavy (non-hydrogen) atoms. The smallest absolute Gasteiger partial charge is 0.255 e. The highest BCUT2D eigenvalue weighted by molar-refractivity contribution is 7.13. The lowest BCUT2D eigenvalue weighted by atomic mass is 10.2. The van der Waals surface area contributed by atoms with Crippen LogP contribution >= 0.6 is 11.3 Å². The predicted molar refractivity (Wildman–Crippen MR) is 85.9 cm³/mol. The van der Waals surface area contributed by atoms with E-state index in [4.69, 9.17) is 4.42 Å². The Labute approximate surface area is 132 Å². The average Bonchev–Trinajstić information content (AvgIpc) is 3.19. The number of thiophene rings is 1. The minimum atomic E-state index is -0.128. The van der Waals surface area contributed by atoms with Crippen LogP contribution in [0.25, 0.3) is 10.6 Å². The molecule has 0 aliphatic heterocycles. The lowest BCUT2D eigenvalue weighted by Crippen LogP contribution is -2.23. The van der Waals surface area contributed by atoms with Gasteiger partial charge in [0.25, 0.3) is 5.91 Å². The van der Waals surface area contributed by atoms with Crippen LogP contribution < -0.4 is 5.32 Å². The molecule has 0 saturated carbocycles. The number of nitrogens with one attached hydrogen (secondary N) is 1. The van der Waals surface area contributed by atoms with Crippen LogP contribution in [-0.2, 0) is 13.6 Å². The van der Waals surface area contributed by atoms with Crippen molar-refractivity contribution in [1.29, 1.82) is 0 Å². The average molecular weight is 315 g/mol. The van der Waals surface area contributed by atoms with Gasteiger partial charge < -0.3 is 9.73 Å². The molecule has 3 rings (SSSR count). The normalized spacial score (nSPS) is 10.9. The number of carbonyl (C=O) groups excluding carboxylic acids is 1. The lowest BCUT2D eigenvalue weighted by Gasteiger charge is -2.04.